The standard InChI is InChI=1S/C18H19N3/c1-13-17(12-20-21(13)2)18(19)16-10-8-15(9-11-16)14-6-4-3-5-7-14/h3-12,18H,19H2,1-2H3. The molecule has 0 amide bonds. The molecule has 0 radical (unpaired) electrons. The lowest BCUT2D eigenvalue weighted by molar-refractivity contribution is 0.734. The molecule has 0 aliphatic heterocycles. The summed E-state index contributed by atoms with van der Waals surface area (Å²) in [5.74, 6) is 0. The second kappa shape index (κ2) is 5.54. The minimum Gasteiger partial charge on any atom is -0.320 e. The van der Waals surface area contributed by atoms with E-state index in [0.29, 0.717) is 0 Å². The van der Waals surface area contributed by atoms with Crippen LogP contribution < -0.4 is 5.73 Å². The first-order valence-electron chi connectivity index (χ1n) is 7.06. The molecule has 3 aromatic rings. The fourth-order valence-corrected chi connectivity index (χ4v) is 2.51. The quantitative estimate of drug-likeness (QED) is 0.797. The number of nitrogens with two attached hydrogens (primary N) is 1. The first-order valence-corrected chi connectivity index (χ1v) is 7.06. The van der Waals surface area contributed by atoms with Crippen LogP contribution in [0, 0.1) is 6.92 Å². The maximum absolute atomic E-state index is 6.37. The van der Waals surface area contributed by atoms with Crippen molar-refractivity contribution in [2.24, 2.45) is 12.8 Å². The largest absolute Gasteiger partial charge is 0.320 e. The first-order chi connectivity index (χ1) is 10.2. The van der Waals surface area contributed by atoms with E-state index in [1.165, 1.54) is 11.1 Å². The summed E-state index contributed by atoms with van der Waals surface area (Å²) in [7, 11) is 1.93. The zero-order valence-corrected chi connectivity index (χ0v) is 12.3. The third-order valence-corrected chi connectivity index (χ3v) is 3.99. The maximum Gasteiger partial charge on any atom is 0.0585 e. The molecule has 2 N–H and O–H groups in total. The molecule has 1 aromatic heterocycles. The van der Waals surface area contributed by atoms with Gasteiger partial charge in [0.1, 0.15) is 0 Å². The molecule has 3 nitrogen and oxygen atoms in total. The minimum absolute atomic E-state index is 0.136. The van der Waals surface area contributed by atoms with Gasteiger partial charge in [-0.3, -0.25) is 4.68 Å². The van der Waals surface area contributed by atoms with Gasteiger partial charge in [0.25, 0.3) is 0 Å². The summed E-state index contributed by atoms with van der Waals surface area (Å²) in [5, 5.41) is 4.26. The Morgan fingerprint density at radius 1 is 0.952 bits per heavy atom. The highest BCUT2D eigenvalue weighted by molar-refractivity contribution is 5.63. The van der Waals surface area contributed by atoms with Crippen molar-refractivity contribution in [3.05, 3.63) is 77.6 Å². The van der Waals surface area contributed by atoms with Crippen LogP contribution in [0.3, 0.4) is 0 Å². The minimum atomic E-state index is -0.136. The molecule has 1 atom stereocenters. The van der Waals surface area contributed by atoms with E-state index in [9.17, 15) is 0 Å². The van der Waals surface area contributed by atoms with Gasteiger partial charge in [-0.2, -0.15) is 5.10 Å². The van der Waals surface area contributed by atoms with E-state index >= 15 is 0 Å². The molecule has 106 valence electrons. The van der Waals surface area contributed by atoms with Gasteiger partial charge in [-0.25, -0.2) is 0 Å². The molecule has 0 aliphatic carbocycles. The molecule has 0 aliphatic rings. The van der Waals surface area contributed by atoms with Crippen molar-refractivity contribution >= 4 is 0 Å². The van der Waals surface area contributed by atoms with E-state index in [1.807, 2.05) is 43.0 Å². The van der Waals surface area contributed by atoms with Crippen LogP contribution in [0.1, 0.15) is 22.9 Å². The van der Waals surface area contributed by atoms with Crippen LogP contribution in [-0.2, 0) is 7.05 Å². The van der Waals surface area contributed by atoms with E-state index in [2.05, 4.69) is 41.5 Å². The van der Waals surface area contributed by atoms with Crippen LogP contribution in [0.15, 0.2) is 60.8 Å². The highest BCUT2D eigenvalue weighted by Gasteiger charge is 2.14. The molecule has 0 saturated carbocycles. The smallest absolute Gasteiger partial charge is 0.0585 e. The Hall–Kier alpha value is -2.39. The second-order valence-corrected chi connectivity index (χ2v) is 5.27. The van der Waals surface area contributed by atoms with Crippen LogP contribution >= 0.6 is 0 Å². The molecule has 0 fully saturated rings. The molecule has 3 rings (SSSR count). The molecule has 2 aromatic carbocycles. The highest BCUT2D eigenvalue weighted by atomic mass is 15.3. The van der Waals surface area contributed by atoms with E-state index in [4.69, 9.17) is 5.73 Å². The van der Waals surface area contributed by atoms with Crippen LogP contribution in [0.4, 0.5) is 0 Å². The predicted octanol–water partition coefficient (Wildman–Crippen LogP) is 3.44. The third kappa shape index (κ3) is 2.60. The molecule has 0 spiro atoms. The Morgan fingerprint density at radius 2 is 1.57 bits per heavy atom. The summed E-state index contributed by atoms with van der Waals surface area (Å²) >= 11 is 0. The Balaban J connectivity index is 1.89. The number of hydrogen-bond donors (Lipinski definition) is 1. The van der Waals surface area contributed by atoms with Gasteiger partial charge in [-0.15, -0.1) is 0 Å². The average Bonchev–Trinajstić information content (AvgIpc) is 2.87. The summed E-state index contributed by atoms with van der Waals surface area (Å²) in [5.41, 5.74) is 12.1. The van der Waals surface area contributed by atoms with Crippen LogP contribution in [-0.4, -0.2) is 9.78 Å². The van der Waals surface area contributed by atoms with Crippen molar-refractivity contribution in [2.45, 2.75) is 13.0 Å². The lowest BCUT2D eigenvalue weighted by Gasteiger charge is -2.12. The van der Waals surface area contributed by atoms with Crippen molar-refractivity contribution in [1.29, 1.82) is 0 Å². The molecule has 0 bridgehead atoms. The lowest BCUT2D eigenvalue weighted by atomic mass is 9.97. The summed E-state index contributed by atoms with van der Waals surface area (Å²) in [4.78, 5) is 0. The maximum atomic E-state index is 6.37. The number of aryl methyl sites for hydroxylation is 1. The van der Waals surface area contributed by atoms with Crippen molar-refractivity contribution in [3.8, 4) is 11.1 Å². The topological polar surface area (TPSA) is 43.8 Å². The fourth-order valence-electron chi connectivity index (χ4n) is 2.51. The first kappa shape index (κ1) is 13.6. The average molecular weight is 277 g/mol. The molecule has 1 heterocycles. The predicted molar refractivity (Wildman–Crippen MR) is 85.9 cm³/mol. The zero-order valence-electron chi connectivity index (χ0n) is 12.3. The molecular weight excluding hydrogens is 258 g/mol. The second-order valence-electron chi connectivity index (χ2n) is 5.27. The summed E-state index contributed by atoms with van der Waals surface area (Å²) < 4.78 is 1.85. The van der Waals surface area contributed by atoms with Crippen LogP contribution in [0.25, 0.3) is 11.1 Å². The van der Waals surface area contributed by atoms with Crippen LogP contribution in [0.2, 0.25) is 0 Å². The van der Waals surface area contributed by atoms with Crippen molar-refractivity contribution < 1.29 is 0 Å². The highest BCUT2D eigenvalue weighted by Crippen LogP contribution is 2.25. The molecule has 3 heteroatoms. The Labute approximate surface area is 125 Å². The molecule has 1 unspecified atom stereocenters. The van der Waals surface area contributed by atoms with Gasteiger partial charge in [0.15, 0.2) is 0 Å². The fraction of sp³-hybridized carbons (Fsp3) is 0.167. The number of rotatable bonds is 3. The van der Waals surface area contributed by atoms with Crippen molar-refractivity contribution in [1.82, 2.24) is 9.78 Å². The summed E-state index contributed by atoms with van der Waals surface area (Å²) in [6.07, 6.45) is 1.85. The lowest BCUT2D eigenvalue weighted by Crippen LogP contribution is -2.12. The zero-order chi connectivity index (χ0) is 14.8. The number of hydrogen-bond acceptors (Lipinski definition) is 2. The third-order valence-electron chi connectivity index (χ3n) is 3.99. The van der Waals surface area contributed by atoms with Gasteiger partial charge in [-0.1, -0.05) is 54.6 Å². The molecule has 0 saturated heterocycles. The van der Waals surface area contributed by atoms with E-state index in [-0.39, 0.29) is 6.04 Å². The summed E-state index contributed by atoms with van der Waals surface area (Å²) in [6.45, 7) is 2.04. The summed E-state index contributed by atoms with van der Waals surface area (Å²) in [6, 6.07) is 18.6. The molecular formula is C18H19N3. The van der Waals surface area contributed by atoms with Crippen molar-refractivity contribution in [2.75, 3.05) is 0 Å². The van der Waals surface area contributed by atoms with Gasteiger partial charge in [0, 0.05) is 18.3 Å². The van der Waals surface area contributed by atoms with Crippen molar-refractivity contribution in [3.63, 3.8) is 0 Å². The van der Waals surface area contributed by atoms with E-state index in [1.54, 1.807) is 0 Å². The Morgan fingerprint density at radius 3 is 2.14 bits per heavy atom. The Kier molecular flexibility index (Phi) is 3.59. The van der Waals surface area contributed by atoms with Gasteiger partial charge < -0.3 is 5.73 Å². The SMILES string of the molecule is Cc1c(C(N)c2ccc(-c3ccccc3)cc2)cnn1C. The van der Waals surface area contributed by atoms with E-state index in [0.717, 1.165) is 16.8 Å². The molecule has 21 heavy (non-hydrogen) atoms. The number of aromatic nitrogens is 2. The van der Waals surface area contributed by atoms with Gasteiger partial charge in [-0.05, 0) is 23.6 Å². The van der Waals surface area contributed by atoms with Gasteiger partial charge >= 0.3 is 0 Å². The van der Waals surface area contributed by atoms with E-state index < -0.39 is 0 Å². The van der Waals surface area contributed by atoms with Crippen LogP contribution in [0.5, 0.6) is 0 Å². The number of benzene rings is 2. The number of nitrogens with zero attached hydrogens (tertiary/aromatic N) is 2. The normalized spacial score (nSPS) is 12.3. The Bertz CT molecular complexity index is 727. The van der Waals surface area contributed by atoms with Gasteiger partial charge in [0.05, 0.1) is 12.2 Å². The monoisotopic (exact) mass is 277 g/mol. The van der Waals surface area contributed by atoms with Gasteiger partial charge in [0.2, 0.25) is 0 Å².